The molecule has 110 valence electrons. The van der Waals surface area contributed by atoms with Gasteiger partial charge in [-0.3, -0.25) is 9.80 Å². The van der Waals surface area contributed by atoms with E-state index in [1.165, 1.54) is 12.1 Å². The minimum absolute atomic E-state index is 0.107. The standard InChI is InChI=1S/C15H21F2N3/c16-15(17)13-3-1-12(2-4-13)11-19-5-7-20(8-6-19)14-9-18-10-14/h1-4,14-15,18H,5-11H2. The number of nitrogens with zero attached hydrogens (tertiary/aromatic N) is 2. The lowest BCUT2D eigenvalue weighted by molar-refractivity contribution is 0.0695. The zero-order chi connectivity index (χ0) is 13.9. The Bertz CT molecular complexity index is 423. The van der Waals surface area contributed by atoms with Crippen molar-refractivity contribution in [1.29, 1.82) is 0 Å². The van der Waals surface area contributed by atoms with Crippen molar-refractivity contribution < 1.29 is 8.78 Å². The Morgan fingerprint density at radius 2 is 1.70 bits per heavy atom. The minimum atomic E-state index is -2.37. The highest BCUT2D eigenvalue weighted by atomic mass is 19.3. The average Bonchev–Trinajstić information content (AvgIpc) is 2.39. The smallest absolute Gasteiger partial charge is 0.263 e. The van der Waals surface area contributed by atoms with Gasteiger partial charge in [-0.25, -0.2) is 8.78 Å². The summed E-state index contributed by atoms with van der Waals surface area (Å²) in [4.78, 5) is 4.95. The predicted molar refractivity (Wildman–Crippen MR) is 74.9 cm³/mol. The number of benzene rings is 1. The van der Waals surface area contributed by atoms with E-state index in [9.17, 15) is 8.78 Å². The molecule has 3 rings (SSSR count). The van der Waals surface area contributed by atoms with Gasteiger partial charge in [0.25, 0.3) is 6.43 Å². The summed E-state index contributed by atoms with van der Waals surface area (Å²) in [5.41, 5.74) is 1.23. The Morgan fingerprint density at radius 1 is 1.05 bits per heavy atom. The topological polar surface area (TPSA) is 18.5 Å². The zero-order valence-electron chi connectivity index (χ0n) is 11.6. The second-order valence-electron chi connectivity index (χ2n) is 5.67. The van der Waals surface area contributed by atoms with E-state index in [2.05, 4.69) is 15.1 Å². The molecule has 0 saturated carbocycles. The van der Waals surface area contributed by atoms with Crippen molar-refractivity contribution in [3.63, 3.8) is 0 Å². The minimum Gasteiger partial charge on any atom is -0.314 e. The van der Waals surface area contributed by atoms with Crippen LogP contribution in [-0.2, 0) is 6.54 Å². The van der Waals surface area contributed by atoms with Crippen molar-refractivity contribution in [3.05, 3.63) is 35.4 Å². The van der Waals surface area contributed by atoms with Crippen LogP contribution in [0.4, 0.5) is 8.78 Å². The Kier molecular flexibility index (Phi) is 4.29. The van der Waals surface area contributed by atoms with Gasteiger partial charge >= 0.3 is 0 Å². The molecule has 20 heavy (non-hydrogen) atoms. The van der Waals surface area contributed by atoms with Crippen LogP contribution < -0.4 is 5.32 Å². The second-order valence-corrected chi connectivity index (χ2v) is 5.67. The van der Waals surface area contributed by atoms with Crippen molar-refractivity contribution in [2.75, 3.05) is 39.3 Å². The first-order valence-electron chi connectivity index (χ1n) is 7.26. The van der Waals surface area contributed by atoms with Crippen molar-refractivity contribution in [2.45, 2.75) is 19.0 Å². The summed E-state index contributed by atoms with van der Waals surface area (Å²) >= 11 is 0. The van der Waals surface area contributed by atoms with E-state index in [1.54, 1.807) is 0 Å². The average molecular weight is 281 g/mol. The molecule has 0 radical (unpaired) electrons. The van der Waals surface area contributed by atoms with Gasteiger partial charge in [-0.05, 0) is 5.56 Å². The quantitative estimate of drug-likeness (QED) is 0.906. The monoisotopic (exact) mass is 281 g/mol. The van der Waals surface area contributed by atoms with Crippen LogP contribution >= 0.6 is 0 Å². The van der Waals surface area contributed by atoms with Crippen molar-refractivity contribution in [3.8, 4) is 0 Å². The highest BCUT2D eigenvalue weighted by molar-refractivity contribution is 5.23. The fourth-order valence-electron chi connectivity index (χ4n) is 2.84. The maximum Gasteiger partial charge on any atom is 0.263 e. The predicted octanol–water partition coefficient (Wildman–Crippen LogP) is 1.71. The van der Waals surface area contributed by atoms with E-state index in [-0.39, 0.29) is 5.56 Å². The molecule has 2 aliphatic rings. The van der Waals surface area contributed by atoms with E-state index >= 15 is 0 Å². The highest BCUT2D eigenvalue weighted by Gasteiger charge is 2.27. The fourth-order valence-corrected chi connectivity index (χ4v) is 2.84. The van der Waals surface area contributed by atoms with Crippen molar-refractivity contribution in [1.82, 2.24) is 15.1 Å². The van der Waals surface area contributed by atoms with Crippen molar-refractivity contribution in [2.24, 2.45) is 0 Å². The third-order valence-corrected chi connectivity index (χ3v) is 4.32. The van der Waals surface area contributed by atoms with Gasteiger partial charge in [0.1, 0.15) is 0 Å². The highest BCUT2D eigenvalue weighted by Crippen LogP contribution is 2.19. The summed E-state index contributed by atoms with van der Waals surface area (Å²) in [6.07, 6.45) is -2.37. The Balaban J connectivity index is 1.49. The van der Waals surface area contributed by atoms with Crippen LogP contribution in [-0.4, -0.2) is 55.1 Å². The molecule has 2 heterocycles. The normalized spacial score (nSPS) is 22.1. The summed E-state index contributed by atoms with van der Waals surface area (Å²) in [6.45, 7) is 7.45. The van der Waals surface area contributed by atoms with Gasteiger partial charge < -0.3 is 5.32 Å². The number of hydrogen-bond donors (Lipinski definition) is 1. The molecular weight excluding hydrogens is 260 g/mol. The SMILES string of the molecule is FC(F)c1ccc(CN2CCN(C3CNC3)CC2)cc1. The molecule has 2 aliphatic heterocycles. The fraction of sp³-hybridized carbons (Fsp3) is 0.600. The number of alkyl halides is 2. The zero-order valence-corrected chi connectivity index (χ0v) is 11.6. The Labute approximate surface area is 118 Å². The van der Waals surface area contributed by atoms with Gasteiger partial charge in [0, 0.05) is 57.4 Å². The molecule has 2 fully saturated rings. The molecule has 1 aromatic carbocycles. The van der Waals surface area contributed by atoms with Crippen molar-refractivity contribution >= 4 is 0 Å². The molecule has 1 N–H and O–H groups in total. The maximum atomic E-state index is 12.5. The van der Waals surface area contributed by atoms with E-state index in [1.807, 2.05) is 12.1 Å². The van der Waals surface area contributed by atoms with Gasteiger partial charge in [0.05, 0.1) is 0 Å². The molecular formula is C15H21F2N3. The third-order valence-electron chi connectivity index (χ3n) is 4.32. The first-order chi connectivity index (χ1) is 9.72. The molecule has 0 spiro atoms. The molecule has 0 amide bonds. The van der Waals surface area contributed by atoms with Gasteiger partial charge in [-0.2, -0.15) is 0 Å². The van der Waals surface area contributed by atoms with Crippen LogP contribution in [0.1, 0.15) is 17.6 Å². The van der Waals surface area contributed by atoms with E-state index in [4.69, 9.17) is 0 Å². The van der Waals surface area contributed by atoms with E-state index in [0.29, 0.717) is 0 Å². The van der Waals surface area contributed by atoms with Crippen LogP contribution in [0.5, 0.6) is 0 Å². The first-order valence-corrected chi connectivity index (χ1v) is 7.26. The Morgan fingerprint density at radius 3 is 2.20 bits per heavy atom. The largest absolute Gasteiger partial charge is 0.314 e. The number of nitrogens with one attached hydrogen (secondary N) is 1. The lowest BCUT2D eigenvalue weighted by atomic mass is 10.1. The summed E-state index contributed by atoms with van der Waals surface area (Å²) in [5, 5.41) is 3.31. The van der Waals surface area contributed by atoms with Crippen LogP contribution in [0, 0.1) is 0 Å². The van der Waals surface area contributed by atoms with Crippen LogP contribution in [0.3, 0.4) is 0 Å². The maximum absolute atomic E-state index is 12.5. The van der Waals surface area contributed by atoms with Gasteiger partial charge in [0.15, 0.2) is 0 Å². The Hall–Kier alpha value is -1.04. The molecule has 0 unspecified atom stereocenters. The molecule has 3 nitrogen and oxygen atoms in total. The number of halogens is 2. The molecule has 0 aliphatic carbocycles. The van der Waals surface area contributed by atoms with Gasteiger partial charge in [-0.15, -0.1) is 0 Å². The molecule has 0 atom stereocenters. The van der Waals surface area contributed by atoms with Crippen LogP contribution in [0.2, 0.25) is 0 Å². The van der Waals surface area contributed by atoms with E-state index < -0.39 is 6.43 Å². The molecule has 5 heteroatoms. The third kappa shape index (κ3) is 3.16. The molecule has 1 aromatic rings. The lowest BCUT2D eigenvalue weighted by Gasteiger charge is -2.43. The summed E-state index contributed by atoms with van der Waals surface area (Å²) in [5.74, 6) is 0. The summed E-state index contributed by atoms with van der Waals surface area (Å²) in [6, 6.07) is 7.45. The van der Waals surface area contributed by atoms with Gasteiger partial charge in [-0.1, -0.05) is 24.3 Å². The first kappa shape index (κ1) is 13.9. The van der Waals surface area contributed by atoms with Crippen LogP contribution in [0.25, 0.3) is 0 Å². The number of piperazine rings is 1. The van der Waals surface area contributed by atoms with Gasteiger partial charge in [0.2, 0.25) is 0 Å². The molecule has 2 saturated heterocycles. The van der Waals surface area contributed by atoms with Crippen LogP contribution in [0.15, 0.2) is 24.3 Å². The summed E-state index contributed by atoms with van der Waals surface area (Å²) in [7, 11) is 0. The molecule has 0 aromatic heterocycles. The lowest BCUT2D eigenvalue weighted by Crippen LogP contribution is -2.61. The van der Waals surface area contributed by atoms with E-state index in [0.717, 1.165) is 57.4 Å². The second kappa shape index (κ2) is 6.16. The number of rotatable bonds is 4. The number of hydrogen-bond acceptors (Lipinski definition) is 3. The molecule has 0 bridgehead atoms. The summed E-state index contributed by atoms with van der Waals surface area (Å²) < 4.78 is 25.0.